The third-order valence-electron chi connectivity index (χ3n) is 4.45. The first-order chi connectivity index (χ1) is 10.6. The second-order valence-electron chi connectivity index (χ2n) is 6.43. The molecule has 0 N–H and O–H groups in total. The summed E-state index contributed by atoms with van der Waals surface area (Å²) in [4.78, 5) is 12.3. The van der Waals surface area contributed by atoms with Gasteiger partial charge in [0.2, 0.25) is 5.91 Å². The van der Waals surface area contributed by atoms with Gasteiger partial charge in [-0.05, 0) is 38.7 Å². The molecule has 3 heteroatoms. The molecule has 0 saturated heterocycles. The van der Waals surface area contributed by atoms with Crippen molar-refractivity contribution in [1.82, 2.24) is 9.78 Å². The Bertz CT molecular complexity index is 449. The molecule has 0 aliphatic rings. The molecule has 0 radical (unpaired) electrons. The zero-order chi connectivity index (χ0) is 16.4. The van der Waals surface area contributed by atoms with Gasteiger partial charge in [-0.15, -0.1) is 0 Å². The Morgan fingerprint density at radius 3 is 2.18 bits per heavy atom. The van der Waals surface area contributed by atoms with Crippen LogP contribution in [0.15, 0.2) is 0 Å². The Kier molecular flexibility index (Phi) is 9.10. The van der Waals surface area contributed by atoms with Gasteiger partial charge in [-0.25, -0.2) is 4.68 Å². The van der Waals surface area contributed by atoms with Crippen LogP contribution in [0, 0.1) is 13.8 Å². The minimum absolute atomic E-state index is 0.156. The zero-order valence-electron chi connectivity index (χ0n) is 15.1. The smallest absolute Gasteiger partial charge is 0.247 e. The summed E-state index contributed by atoms with van der Waals surface area (Å²) < 4.78 is 1.65. The highest BCUT2D eigenvalue weighted by molar-refractivity contribution is 5.79. The highest BCUT2D eigenvalue weighted by atomic mass is 16.2. The van der Waals surface area contributed by atoms with Crippen molar-refractivity contribution in [2.45, 2.75) is 98.3 Å². The fourth-order valence-electron chi connectivity index (χ4n) is 2.99. The van der Waals surface area contributed by atoms with Crippen LogP contribution in [0.1, 0.15) is 99.8 Å². The molecule has 0 aliphatic heterocycles. The Morgan fingerprint density at radius 1 is 0.909 bits per heavy atom. The van der Waals surface area contributed by atoms with Crippen molar-refractivity contribution in [2.75, 3.05) is 0 Å². The largest absolute Gasteiger partial charge is 0.273 e. The van der Waals surface area contributed by atoms with Gasteiger partial charge in [-0.2, -0.15) is 5.10 Å². The van der Waals surface area contributed by atoms with E-state index in [1.54, 1.807) is 4.68 Å². The SMILES string of the molecule is CCCCCCCCc1c(C)nn(C(=O)CCCCC)c1C. The van der Waals surface area contributed by atoms with Gasteiger partial charge in [0.05, 0.1) is 5.69 Å². The lowest BCUT2D eigenvalue weighted by molar-refractivity contribution is 0.0880. The van der Waals surface area contributed by atoms with E-state index in [-0.39, 0.29) is 5.91 Å². The van der Waals surface area contributed by atoms with E-state index in [1.165, 1.54) is 44.1 Å². The summed E-state index contributed by atoms with van der Waals surface area (Å²) in [6.07, 6.45) is 12.7. The summed E-state index contributed by atoms with van der Waals surface area (Å²) in [7, 11) is 0. The Morgan fingerprint density at radius 2 is 1.50 bits per heavy atom. The molecule has 0 saturated carbocycles. The van der Waals surface area contributed by atoms with E-state index in [1.807, 2.05) is 13.8 Å². The molecule has 3 nitrogen and oxygen atoms in total. The van der Waals surface area contributed by atoms with E-state index in [2.05, 4.69) is 18.9 Å². The molecule has 126 valence electrons. The van der Waals surface area contributed by atoms with Gasteiger partial charge in [0.25, 0.3) is 0 Å². The van der Waals surface area contributed by atoms with Gasteiger partial charge in [0.15, 0.2) is 0 Å². The molecule has 1 heterocycles. The number of hydrogen-bond donors (Lipinski definition) is 0. The van der Waals surface area contributed by atoms with Gasteiger partial charge in [-0.1, -0.05) is 58.8 Å². The first-order valence-electron chi connectivity index (χ1n) is 9.20. The van der Waals surface area contributed by atoms with Crippen molar-refractivity contribution >= 4 is 5.91 Å². The van der Waals surface area contributed by atoms with Crippen molar-refractivity contribution in [2.24, 2.45) is 0 Å². The van der Waals surface area contributed by atoms with E-state index < -0.39 is 0 Å². The fourth-order valence-corrected chi connectivity index (χ4v) is 2.99. The van der Waals surface area contributed by atoms with Gasteiger partial charge in [-0.3, -0.25) is 4.79 Å². The highest BCUT2D eigenvalue weighted by Crippen LogP contribution is 2.18. The summed E-state index contributed by atoms with van der Waals surface area (Å²) in [6, 6.07) is 0. The third-order valence-corrected chi connectivity index (χ3v) is 4.45. The van der Waals surface area contributed by atoms with Gasteiger partial charge in [0, 0.05) is 12.1 Å². The van der Waals surface area contributed by atoms with E-state index in [9.17, 15) is 4.79 Å². The van der Waals surface area contributed by atoms with Crippen LogP contribution in [0.25, 0.3) is 0 Å². The standard InChI is InChI=1S/C19H34N2O/c1-5-7-9-10-11-13-14-18-16(3)20-21(17(18)4)19(22)15-12-8-6-2/h5-15H2,1-4H3. The number of carbonyl (C=O) groups is 1. The second kappa shape index (κ2) is 10.6. The number of aromatic nitrogens is 2. The van der Waals surface area contributed by atoms with E-state index >= 15 is 0 Å². The van der Waals surface area contributed by atoms with E-state index in [4.69, 9.17) is 0 Å². The summed E-state index contributed by atoms with van der Waals surface area (Å²) in [5, 5.41) is 4.48. The first kappa shape index (κ1) is 18.9. The van der Waals surface area contributed by atoms with Crippen molar-refractivity contribution < 1.29 is 4.79 Å². The first-order valence-corrected chi connectivity index (χ1v) is 9.20. The molecule has 22 heavy (non-hydrogen) atoms. The monoisotopic (exact) mass is 306 g/mol. The Labute approximate surface area is 136 Å². The maximum absolute atomic E-state index is 12.3. The number of aryl methyl sites for hydroxylation is 1. The van der Waals surface area contributed by atoms with Crippen LogP contribution in [0.4, 0.5) is 0 Å². The lowest BCUT2D eigenvalue weighted by Crippen LogP contribution is -2.14. The quantitative estimate of drug-likeness (QED) is 0.497. The predicted octanol–water partition coefficient (Wildman–Crippen LogP) is 5.62. The average Bonchev–Trinajstić information content (AvgIpc) is 2.78. The Balaban J connectivity index is 2.49. The fraction of sp³-hybridized carbons (Fsp3) is 0.789. The molecule has 1 rings (SSSR count). The molecule has 0 spiro atoms. The molecule has 1 aromatic heterocycles. The summed E-state index contributed by atoms with van der Waals surface area (Å²) in [6.45, 7) is 8.49. The van der Waals surface area contributed by atoms with Crippen LogP contribution in [-0.4, -0.2) is 15.7 Å². The van der Waals surface area contributed by atoms with Gasteiger partial charge in [0.1, 0.15) is 0 Å². The number of rotatable bonds is 11. The highest BCUT2D eigenvalue weighted by Gasteiger charge is 2.15. The second-order valence-corrected chi connectivity index (χ2v) is 6.43. The number of nitrogens with zero attached hydrogens (tertiary/aromatic N) is 2. The van der Waals surface area contributed by atoms with E-state index in [0.717, 1.165) is 37.1 Å². The number of carbonyl (C=O) groups excluding carboxylic acids is 1. The van der Waals surface area contributed by atoms with Crippen molar-refractivity contribution in [1.29, 1.82) is 0 Å². The molecule has 0 bridgehead atoms. The van der Waals surface area contributed by atoms with Crippen LogP contribution < -0.4 is 0 Å². The number of hydrogen-bond acceptors (Lipinski definition) is 2. The van der Waals surface area contributed by atoms with Crippen molar-refractivity contribution in [3.8, 4) is 0 Å². The van der Waals surface area contributed by atoms with Gasteiger partial charge < -0.3 is 0 Å². The molecule has 0 amide bonds. The molecule has 0 unspecified atom stereocenters. The van der Waals surface area contributed by atoms with Crippen LogP contribution in [0.2, 0.25) is 0 Å². The van der Waals surface area contributed by atoms with Crippen LogP contribution in [-0.2, 0) is 6.42 Å². The third kappa shape index (κ3) is 5.94. The molecule has 0 fully saturated rings. The molecule has 0 atom stereocenters. The van der Waals surface area contributed by atoms with Crippen LogP contribution >= 0.6 is 0 Å². The zero-order valence-corrected chi connectivity index (χ0v) is 15.1. The van der Waals surface area contributed by atoms with Crippen molar-refractivity contribution in [3.63, 3.8) is 0 Å². The maximum Gasteiger partial charge on any atom is 0.247 e. The van der Waals surface area contributed by atoms with Crippen molar-refractivity contribution in [3.05, 3.63) is 17.0 Å². The molecule has 0 aromatic carbocycles. The van der Waals surface area contributed by atoms with Crippen LogP contribution in [0.5, 0.6) is 0 Å². The average molecular weight is 306 g/mol. The number of unbranched alkanes of at least 4 members (excludes halogenated alkanes) is 7. The molecule has 0 aliphatic carbocycles. The lowest BCUT2D eigenvalue weighted by atomic mass is 10.0. The molecule has 1 aromatic rings. The van der Waals surface area contributed by atoms with E-state index in [0.29, 0.717) is 6.42 Å². The van der Waals surface area contributed by atoms with Gasteiger partial charge >= 0.3 is 0 Å². The minimum Gasteiger partial charge on any atom is -0.273 e. The topological polar surface area (TPSA) is 34.9 Å². The molecular weight excluding hydrogens is 272 g/mol. The summed E-state index contributed by atoms with van der Waals surface area (Å²) >= 11 is 0. The lowest BCUT2D eigenvalue weighted by Gasteiger charge is -2.05. The maximum atomic E-state index is 12.3. The summed E-state index contributed by atoms with van der Waals surface area (Å²) in [5.41, 5.74) is 3.39. The predicted molar refractivity (Wildman–Crippen MR) is 93.5 cm³/mol. The minimum atomic E-state index is 0.156. The normalized spacial score (nSPS) is 11.1. The Hall–Kier alpha value is -1.12. The summed E-state index contributed by atoms with van der Waals surface area (Å²) in [5.74, 6) is 0.156. The van der Waals surface area contributed by atoms with Crippen LogP contribution in [0.3, 0.4) is 0 Å². The molecular formula is C19H34N2O.